The first-order valence-corrected chi connectivity index (χ1v) is 5.42. The van der Waals surface area contributed by atoms with Gasteiger partial charge in [-0.05, 0) is 26.0 Å². The van der Waals surface area contributed by atoms with Crippen molar-refractivity contribution in [2.45, 2.75) is 20.0 Å². The molecule has 1 aromatic rings. The second kappa shape index (κ2) is 5.90. The lowest BCUT2D eigenvalue weighted by atomic mass is 10.1. The summed E-state index contributed by atoms with van der Waals surface area (Å²) in [6.07, 6.45) is -1.23. The summed E-state index contributed by atoms with van der Waals surface area (Å²) in [5.74, 6) is -1.78. The Morgan fingerprint density at radius 2 is 2.11 bits per heavy atom. The molecule has 1 atom stereocenters. The highest BCUT2D eigenvalue weighted by molar-refractivity contribution is 5.95. The van der Waals surface area contributed by atoms with E-state index in [-0.39, 0.29) is 11.3 Å². The average Bonchev–Trinajstić information content (AvgIpc) is 2.31. The van der Waals surface area contributed by atoms with Gasteiger partial charge in [0.2, 0.25) is 0 Å². The Morgan fingerprint density at radius 1 is 1.44 bits per heavy atom. The maximum atomic E-state index is 11.8. The van der Waals surface area contributed by atoms with Crippen molar-refractivity contribution in [3.05, 3.63) is 23.8 Å². The van der Waals surface area contributed by atoms with Gasteiger partial charge in [0, 0.05) is 0 Å². The third kappa shape index (κ3) is 3.13. The third-order valence-corrected chi connectivity index (χ3v) is 2.19. The number of carbonyl (C=O) groups excluding carboxylic acids is 1. The molecule has 1 unspecified atom stereocenters. The average molecular weight is 253 g/mol. The number of carboxylic acid groups (broad SMARTS) is 1. The molecule has 0 heterocycles. The van der Waals surface area contributed by atoms with Crippen LogP contribution in [0.15, 0.2) is 18.2 Å². The third-order valence-electron chi connectivity index (χ3n) is 2.19. The van der Waals surface area contributed by atoms with Crippen molar-refractivity contribution >= 4 is 17.6 Å². The number of nitrogens with two attached hydrogens (primary N) is 1. The number of nitrogen functional groups attached to an aromatic ring is 1. The van der Waals surface area contributed by atoms with E-state index in [4.69, 9.17) is 20.3 Å². The lowest BCUT2D eigenvalue weighted by molar-refractivity contribution is -0.146. The minimum Gasteiger partial charge on any atom is -0.491 e. The van der Waals surface area contributed by atoms with Crippen LogP contribution < -0.4 is 10.5 Å². The van der Waals surface area contributed by atoms with Crippen LogP contribution in [0.2, 0.25) is 0 Å². The van der Waals surface area contributed by atoms with Gasteiger partial charge in [-0.1, -0.05) is 6.07 Å². The number of ether oxygens (including phenoxy) is 2. The lowest BCUT2D eigenvalue weighted by Gasteiger charge is -2.13. The molecule has 0 aliphatic rings. The molecular weight excluding hydrogens is 238 g/mol. The fourth-order valence-electron chi connectivity index (χ4n) is 1.30. The molecular formula is C12H15NO5. The van der Waals surface area contributed by atoms with Gasteiger partial charge in [-0.2, -0.15) is 0 Å². The summed E-state index contributed by atoms with van der Waals surface area (Å²) >= 11 is 0. The molecule has 0 bridgehead atoms. The minimum atomic E-state index is -1.23. The molecule has 0 aromatic heterocycles. The molecule has 18 heavy (non-hydrogen) atoms. The number of carboxylic acids is 1. The van der Waals surface area contributed by atoms with Crippen LogP contribution in [0.25, 0.3) is 0 Å². The Morgan fingerprint density at radius 3 is 2.67 bits per heavy atom. The highest BCUT2D eigenvalue weighted by Crippen LogP contribution is 2.27. The van der Waals surface area contributed by atoms with Crippen LogP contribution in [0.1, 0.15) is 24.2 Å². The van der Waals surface area contributed by atoms with Gasteiger partial charge in [0.25, 0.3) is 0 Å². The fraction of sp³-hybridized carbons (Fsp3) is 0.333. The van der Waals surface area contributed by atoms with Crippen LogP contribution in [0.4, 0.5) is 5.69 Å². The van der Waals surface area contributed by atoms with Gasteiger partial charge >= 0.3 is 11.9 Å². The molecule has 0 aliphatic carbocycles. The summed E-state index contributed by atoms with van der Waals surface area (Å²) < 4.78 is 10.0. The highest BCUT2D eigenvalue weighted by atomic mass is 16.6. The SMILES string of the molecule is CCOc1c(N)cccc1C(=O)OC(C)C(=O)O. The van der Waals surface area contributed by atoms with Crippen LogP contribution in [-0.4, -0.2) is 29.8 Å². The van der Waals surface area contributed by atoms with E-state index in [1.54, 1.807) is 19.1 Å². The van der Waals surface area contributed by atoms with Crippen LogP contribution in [0.5, 0.6) is 5.75 Å². The van der Waals surface area contributed by atoms with Crippen molar-refractivity contribution in [2.24, 2.45) is 0 Å². The standard InChI is InChI=1S/C12H15NO5/c1-3-17-10-8(5-4-6-9(10)13)12(16)18-7(2)11(14)15/h4-7H,3,13H2,1-2H3,(H,14,15). The van der Waals surface area contributed by atoms with Crippen LogP contribution in [-0.2, 0) is 9.53 Å². The molecule has 0 saturated carbocycles. The summed E-state index contributed by atoms with van der Waals surface area (Å²) in [6, 6.07) is 4.63. The van der Waals surface area contributed by atoms with E-state index >= 15 is 0 Å². The summed E-state index contributed by atoms with van der Waals surface area (Å²) in [5, 5.41) is 8.67. The second-order valence-electron chi connectivity index (χ2n) is 3.54. The number of hydrogen-bond donors (Lipinski definition) is 2. The number of carbonyl (C=O) groups is 2. The van der Waals surface area contributed by atoms with E-state index in [1.807, 2.05) is 0 Å². The van der Waals surface area contributed by atoms with Crippen molar-refractivity contribution in [3.8, 4) is 5.75 Å². The molecule has 3 N–H and O–H groups in total. The predicted octanol–water partition coefficient (Wildman–Crippen LogP) is 1.30. The number of esters is 1. The van der Waals surface area contributed by atoms with Crippen LogP contribution in [0, 0.1) is 0 Å². The minimum absolute atomic E-state index is 0.116. The summed E-state index contributed by atoms with van der Waals surface area (Å²) in [6.45, 7) is 3.36. The first kappa shape index (κ1) is 13.8. The quantitative estimate of drug-likeness (QED) is 0.606. The largest absolute Gasteiger partial charge is 0.491 e. The van der Waals surface area contributed by atoms with Crippen molar-refractivity contribution in [3.63, 3.8) is 0 Å². The second-order valence-corrected chi connectivity index (χ2v) is 3.54. The Labute approximate surface area is 104 Å². The normalized spacial score (nSPS) is 11.7. The van der Waals surface area contributed by atoms with Gasteiger partial charge in [-0.3, -0.25) is 0 Å². The number of aliphatic carboxylic acids is 1. The van der Waals surface area contributed by atoms with Crippen molar-refractivity contribution in [1.82, 2.24) is 0 Å². The molecule has 1 aromatic carbocycles. The van der Waals surface area contributed by atoms with Gasteiger partial charge in [-0.25, -0.2) is 9.59 Å². The Hall–Kier alpha value is -2.24. The smallest absolute Gasteiger partial charge is 0.344 e. The molecule has 0 spiro atoms. The maximum Gasteiger partial charge on any atom is 0.344 e. The van der Waals surface area contributed by atoms with Gasteiger partial charge in [0.1, 0.15) is 5.56 Å². The van der Waals surface area contributed by atoms with E-state index in [1.165, 1.54) is 13.0 Å². The molecule has 0 aliphatic heterocycles. The molecule has 98 valence electrons. The Kier molecular flexibility index (Phi) is 4.53. The zero-order valence-electron chi connectivity index (χ0n) is 10.2. The molecule has 6 nitrogen and oxygen atoms in total. The van der Waals surface area contributed by atoms with Gasteiger partial charge in [-0.15, -0.1) is 0 Å². The van der Waals surface area contributed by atoms with Crippen LogP contribution in [0.3, 0.4) is 0 Å². The fourth-order valence-corrected chi connectivity index (χ4v) is 1.30. The van der Waals surface area contributed by atoms with E-state index in [9.17, 15) is 9.59 Å². The molecule has 0 fully saturated rings. The summed E-state index contributed by atoms with van der Waals surface area (Å²) in [4.78, 5) is 22.4. The van der Waals surface area contributed by atoms with Gasteiger partial charge in [0.05, 0.1) is 12.3 Å². The van der Waals surface area contributed by atoms with Gasteiger partial charge < -0.3 is 20.3 Å². The number of hydrogen-bond acceptors (Lipinski definition) is 5. The summed E-state index contributed by atoms with van der Waals surface area (Å²) in [7, 11) is 0. The summed E-state index contributed by atoms with van der Waals surface area (Å²) in [5.41, 5.74) is 6.10. The van der Waals surface area contributed by atoms with Crippen molar-refractivity contribution in [1.29, 1.82) is 0 Å². The maximum absolute atomic E-state index is 11.8. The first-order valence-electron chi connectivity index (χ1n) is 5.42. The number of benzene rings is 1. The molecule has 0 saturated heterocycles. The zero-order valence-corrected chi connectivity index (χ0v) is 10.2. The monoisotopic (exact) mass is 253 g/mol. The number of para-hydroxylation sites is 1. The van der Waals surface area contributed by atoms with Crippen LogP contribution >= 0.6 is 0 Å². The molecule has 0 amide bonds. The number of rotatable bonds is 5. The zero-order chi connectivity index (χ0) is 13.7. The van der Waals surface area contributed by atoms with E-state index in [0.29, 0.717) is 12.3 Å². The van der Waals surface area contributed by atoms with Gasteiger partial charge in [0.15, 0.2) is 11.9 Å². The number of anilines is 1. The Balaban J connectivity index is 2.98. The van der Waals surface area contributed by atoms with E-state index in [0.717, 1.165) is 0 Å². The van der Waals surface area contributed by atoms with Crippen molar-refractivity contribution in [2.75, 3.05) is 12.3 Å². The highest BCUT2D eigenvalue weighted by Gasteiger charge is 2.21. The topological polar surface area (TPSA) is 98.9 Å². The lowest BCUT2D eigenvalue weighted by Crippen LogP contribution is -2.24. The first-order chi connectivity index (χ1) is 8.47. The predicted molar refractivity (Wildman–Crippen MR) is 64.5 cm³/mol. The Bertz CT molecular complexity index is 458. The molecule has 1 rings (SSSR count). The van der Waals surface area contributed by atoms with E-state index in [2.05, 4.69) is 0 Å². The van der Waals surface area contributed by atoms with Crippen molar-refractivity contribution < 1.29 is 24.2 Å². The van der Waals surface area contributed by atoms with E-state index < -0.39 is 18.0 Å². The molecule has 6 heteroatoms. The molecule has 0 radical (unpaired) electrons.